The first-order valence-corrected chi connectivity index (χ1v) is 8.85. The maximum atomic E-state index is 12.8. The Balaban J connectivity index is 1.72. The second-order valence-electron chi connectivity index (χ2n) is 6.65. The average molecular weight is 349 g/mol. The molecule has 1 aliphatic heterocycles. The molecule has 1 aromatic rings. The average Bonchev–Trinajstić information content (AvgIpc) is 3.30. The van der Waals surface area contributed by atoms with E-state index >= 15 is 0 Å². The molecule has 1 saturated carbocycles. The Labute approximate surface area is 149 Å². The fourth-order valence-corrected chi connectivity index (χ4v) is 3.63. The number of carbonyl (C=O) groups is 1. The zero-order chi connectivity index (χ0) is 17.8. The van der Waals surface area contributed by atoms with Crippen LogP contribution in [0.15, 0.2) is 18.2 Å². The minimum absolute atomic E-state index is 0.0488. The van der Waals surface area contributed by atoms with Gasteiger partial charge in [0.25, 0.3) is 5.91 Å². The largest absolute Gasteiger partial charge is 0.493 e. The van der Waals surface area contributed by atoms with E-state index in [1.54, 1.807) is 38.4 Å². The molecule has 0 bridgehead atoms. The maximum absolute atomic E-state index is 12.8. The van der Waals surface area contributed by atoms with Crippen LogP contribution in [0.3, 0.4) is 0 Å². The van der Waals surface area contributed by atoms with E-state index in [2.05, 4.69) is 0 Å². The van der Waals surface area contributed by atoms with Gasteiger partial charge in [-0.3, -0.25) is 4.79 Å². The van der Waals surface area contributed by atoms with Gasteiger partial charge in [0, 0.05) is 32.9 Å². The summed E-state index contributed by atoms with van der Waals surface area (Å²) in [5.74, 6) is 1.26. The lowest BCUT2D eigenvalue weighted by molar-refractivity contribution is -0.00461. The molecule has 0 spiro atoms. The standard InChI is InChI=1S/C19H27NO5/c1-22-16-10-13(8-9-15(16)25-14-6-4-5-7-14)19(21)20-11-17(23-2)18(12-20)24-3/h8-10,14,17-18H,4-7,11-12H2,1-3H3/t17-,18-/m1/s1. The van der Waals surface area contributed by atoms with E-state index in [-0.39, 0.29) is 24.2 Å². The number of amides is 1. The van der Waals surface area contributed by atoms with Crippen molar-refractivity contribution in [1.29, 1.82) is 0 Å². The Bertz CT molecular complexity index is 587. The molecule has 1 aromatic carbocycles. The molecule has 25 heavy (non-hydrogen) atoms. The third-order valence-electron chi connectivity index (χ3n) is 5.11. The minimum Gasteiger partial charge on any atom is -0.493 e. The number of hydrogen-bond acceptors (Lipinski definition) is 5. The summed E-state index contributed by atoms with van der Waals surface area (Å²) in [6, 6.07) is 5.40. The molecule has 2 aliphatic rings. The van der Waals surface area contributed by atoms with Crippen molar-refractivity contribution < 1.29 is 23.7 Å². The lowest BCUT2D eigenvalue weighted by Crippen LogP contribution is -2.30. The highest BCUT2D eigenvalue weighted by molar-refractivity contribution is 5.95. The number of benzene rings is 1. The number of rotatable bonds is 6. The highest BCUT2D eigenvalue weighted by Gasteiger charge is 2.36. The molecule has 1 amide bonds. The lowest BCUT2D eigenvalue weighted by Gasteiger charge is -2.19. The maximum Gasteiger partial charge on any atom is 0.254 e. The van der Waals surface area contributed by atoms with Gasteiger partial charge in [-0.25, -0.2) is 0 Å². The van der Waals surface area contributed by atoms with Crippen LogP contribution >= 0.6 is 0 Å². The zero-order valence-electron chi connectivity index (χ0n) is 15.2. The van der Waals surface area contributed by atoms with Crippen LogP contribution in [0.2, 0.25) is 0 Å². The number of likely N-dealkylation sites (tertiary alicyclic amines) is 1. The number of ether oxygens (including phenoxy) is 4. The molecule has 6 heteroatoms. The van der Waals surface area contributed by atoms with E-state index in [9.17, 15) is 4.79 Å². The van der Waals surface area contributed by atoms with Gasteiger partial charge in [-0.15, -0.1) is 0 Å². The fourth-order valence-electron chi connectivity index (χ4n) is 3.63. The molecule has 0 aromatic heterocycles. The lowest BCUT2D eigenvalue weighted by atomic mass is 10.1. The van der Waals surface area contributed by atoms with E-state index in [0.29, 0.717) is 30.2 Å². The van der Waals surface area contributed by atoms with Gasteiger partial charge in [0.2, 0.25) is 0 Å². The molecule has 0 radical (unpaired) electrons. The van der Waals surface area contributed by atoms with Crippen molar-refractivity contribution >= 4 is 5.91 Å². The summed E-state index contributed by atoms with van der Waals surface area (Å²) in [5.41, 5.74) is 0.585. The quantitative estimate of drug-likeness (QED) is 0.790. The van der Waals surface area contributed by atoms with Crippen molar-refractivity contribution in [2.24, 2.45) is 0 Å². The van der Waals surface area contributed by atoms with Gasteiger partial charge < -0.3 is 23.8 Å². The first-order valence-electron chi connectivity index (χ1n) is 8.85. The van der Waals surface area contributed by atoms with Crippen LogP contribution in [-0.2, 0) is 9.47 Å². The summed E-state index contributed by atoms with van der Waals surface area (Å²) < 4.78 is 22.3. The van der Waals surface area contributed by atoms with E-state index in [4.69, 9.17) is 18.9 Å². The van der Waals surface area contributed by atoms with Crippen molar-refractivity contribution in [1.82, 2.24) is 4.90 Å². The predicted molar refractivity (Wildman–Crippen MR) is 93.4 cm³/mol. The summed E-state index contributed by atoms with van der Waals surface area (Å²) in [7, 11) is 4.88. The zero-order valence-corrected chi connectivity index (χ0v) is 15.2. The molecule has 2 atom stereocenters. The number of hydrogen-bond donors (Lipinski definition) is 0. The summed E-state index contributed by atoms with van der Waals surface area (Å²) in [6.45, 7) is 1.05. The summed E-state index contributed by atoms with van der Waals surface area (Å²) in [6.07, 6.45) is 4.63. The Hall–Kier alpha value is -1.79. The van der Waals surface area contributed by atoms with Crippen molar-refractivity contribution in [2.45, 2.75) is 44.0 Å². The first kappa shape index (κ1) is 18.0. The van der Waals surface area contributed by atoms with E-state index in [0.717, 1.165) is 12.8 Å². The van der Waals surface area contributed by atoms with Gasteiger partial charge in [-0.2, -0.15) is 0 Å². The molecule has 0 N–H and O–H groups in total. The van der Waals surface area contributed by atoms with Gasteiger partial charge in [-0.05, 0) is 43.9 Å². The van der Waals surface area contributed by atoms with Crippen molar-refractivity contribution in [3.05, 3.63) is 23.8 Å². The van der Waals surface area contributed by atoms with Crippen LogP contribution in [0.5, 0.6) is 11.5 Å². The molecule has 0 unspecified atom stereocenters. The normalized spacial score (nSPS) is 23.9. The van der Waals surface area contributed by atoms with Crippen LogP contribution in [0.25, 0.3) is 0 Å². The van der Waals surface area contributed by atoms with Gasteiger partial charge in [0.15, 0.2) is 11.5 Å². The van der Waals surface area contributed by atoms with Gasteiger partial charge in [0.1, 0.15) is 12.2 Å². The molecule has 138 valence electrons. The molecular formula is C19H27NO5. The first-order chi connectivity index (χ1) is 12.2. The van der Waals surface area contributed by atoms with Crippen LogP contribution < -0.4 is 9.47 Å². The topological polar surface area (TPSA) is 57.2 Å². The summed E-state index contributed by atoms with van der Waals surface area (Å²) >= 11 is 0. The minimum atomic E-state index is -0.0965. The van der Waals surface area contributed by atoms with E-state index in [1.807, 2.05) is 6.07 Å². The van der Waals surface area contributed by atoms with Crippen LogP contribution in [-0.4, -0.2) is 63.5 Å². The second-order valence-corrected chi connectivity index (χ2v) is 6.65. The highest BCUT2D eigenvalue weighted by atomic mass is 16.5. The number of methoxy groups -OCH3 is 3. The predicted octanol–water partition coefficient (Wildman–Crippen LogP) is 2.50. The second kappa shape index (κ2) is 8.06. The van der Waals surface area contributed by atoms with Crippen LogP contribution in [0, 0.1) is 0 Å². The molecule has 2 fully saturated rings. The Kier molecular flexibility index (Phi) is 5.81. The Morgan fingerprint density at radius 2 is 1.64 bits per heavy atom. The highest BCUT2D eigenvalue weighted by Crippen LogP contribution is 2.33. The van der Waals surface area contributed by atoms with Crippen LogP contribution in [0.4, 0.5) is 0 Å². The van der Waals surface area contributed by atoms with Crippen molar-refractivity contribution in [3.8, 4) is 11.5 Å². The number of carbonyl (C=O) groups excluding carboxylic acids is 1. The van der Waals surface area contributed by atoms with Crippen molar-refractivity contribution in [3.63, 3.8) is 0 Å². The molecule has 1 aliphatic carbocycles. The smallest absolute Gasteiger partial charge is 0.254 e. The van der Waals surface area contributed by atoms with Gasteiger partial charge >= 0.3 is 0 Å². The van der Waals surface area contributed by atoms with Crippen molar-refractivity contribution in [2.75, 3.05) is 34.4 Å². The molecule has 1 saturated heterocycles. The Morgan fingerprint density at radius 3 is 2.20 bits per heavy atom. The van der Waals surface area contributed by atoms with Crippen LogP contribution in [0.1, 0.15) is 36.0 Å². The third kappa shape index (κ3) is 3.90. The van der Waals surface area contributed by atoms with Gasteiger partial charge in [0.05, 0.1) is 13.2 Å². The fraction of sp³-hybridized carbons (Fsp3) is 0.632. The third-order valence-corrected chi connectivity index (χ3v) is 5.11. The molecule has 6 nitrogen and oxygen atoms in total. The molecule has 1 heterocycles. The summed E-state index contributed by atoms with van der Waals surface area (Å²) in [5, 5.41) is 0. The van der Waals surface area contributed by atoms with Gasteiger partial charge in [-0.1, -0.05) is 0 Å². The monoisotopic (exact) mass is 349 g/mol. The molecular weight excluding hydrogens is 322 g/mol. The Morgan fingerprint density at radius 1 is 1.00 bits per heavy atom. The number of nitrogens with zero attached hydrogens (tertiary/aromatic N) is 1. The summed E-state index contributed by atoms with van der Waals surface area (Å²) in [4.78, 5) is 14.6. The SMILES string of the molecule is COc1cc(C(=O)N2C[C@@H](OC)[C@H](OC)C2)ccc1OC1CCCC1. The molecule has 3 rings (SSSR count). The van der Waals surface area contributed by atoms with E-state index < -0.39 is 0 Å². The van der Waals surface area contributed by atoms with E-state index in [1.165, 1.54) is 12.8 Å².